The molecule has 0 aliphatic heterocycles. The zero-order chi connectivity index (χ0) is 16.4. The average Bonchev–Trinajstić information content (AvgIpc) is 3.14. The van der Waals surface area contributed by atoms with E-state index in [2.05, 4.69) is 20.5 Å². The Hall–Kier alpha value is -2.35. The minimum atomic E-state index is -0.167. The topological polar surface area (TPSA) is 85.3 Å². The molecule has 0 saturated heterocycles. The maximum absolute atomic E-state index is 12.1. The first-order valence-electron chi connectivity index (χ1n) is 7.19. The minimum absolute atomic E-state index is 0.0895. The Morgan fingerprint density at radius 3 is 3.00 bits per heavy atom. The molecule has 0 saturated carbocycles. The largest absolute Gasteiger partial charge is 0.467 e. The Balaban J connectivity index is 1.65. The summed E-state index contributed by atoms with van der Waals surface area (Å²) < 4.78 is 7.12. The van der Waals surface area contributed by atoms with Crippen LogP contribution in [0.25, 0.3) is 5.65 Å². The first-order chi connectivity index (χ1) is 11.0. The number of carbonyl (C=O) groups is 1. The lowest BCUT2D eigenvalue weighted by atomic mass is 10.2. The number of amides is 1. The number of hydrogen-bond acceptors (Lipinski definition) is 6. The fraction of sp³-hybridized carbons (Fsp3) is 0.333. The van der Waals surface area contributed by atoms with E-state index in [0.717, 1.165) is 22.9 Å². The molecule has 3 heterocycles. The Bertz CT molecular complexity index is 828. The number of aryl methyl sites for hydroxylation is 2. The van der Waals surface area contributed by atoms with Gasteiger partial charge in [0, 0.05) is 11.8 Å². The van der Waals surface area contributed by atoms with Gasteiger partial charge in [-0.1, -0.05) is 11.8 Å². The van der Waals surface area contributed by atoms with Crippen LogP contribution in [0.15, 0.2) is 34.0 Å². The van der Waals surface area contributed by atoms with Crippen LogP contribution in [-0.4, -0.2) is 31.2 Å². The zero-order valence-corrected chi connectivity index (χ0v) is 13.9. The van der Waals surface area contributed by atoms with Gasteiger partial charge in [-0.3, -0.25) is 9.20 Å². The molecule has 3 rings (SSSR count). The summed E-state index contributed by atoms with van der Waals surface area (Å²) >= 11 is 1.33. The Kier molecular flexibility index (Phi) is 4.33. The second-order valence-corrected chi connectivity index (χ2v) is 6.16. The van der Waals surface area contributed by atoms with Crippen LogP contribution in [0.1, 0.15) is 30.2 Å². The number of aromatic nitrogens is 4. The van der Waals surface area contributed by atoms with Crippen LogP contribution in [0.5, 0.6) is 0 Å². The van der Waals surface area contributed by atoms with Crippen molar-refractivity contribution in [3.8, 4) is 0 Å². The van der Waals surface area contributed by atoms with Gasteiger partial charge in [0.05, 0.1) is 18.1 Å². The number of furan rings is 1. The quantitative estimate of drug-likeness (QED) is 0.722. The smallest absolute Gasteiger partial charge is 0.231 e. The van der Waals surface area contributed by atoms with Crippen LogP contribution in [0, 0.1) is 13.8 Å². The molecule has 1 amide bonds. The van der Waals surface area contributed by atoms with Crippen LogP contribution in [-0.2, 0) is 4.79 Å². The van der Waals surface area contributed by atoms with Crippen LogP contribution in [0.2, 0.25) is 0 Å². The fourth-order valence-electron chi connectivity index (χ4n) is 2.32. The monoisotopic (exact) mass is 331 g/mol. The highest BCUT2D eigenvalue weighted by Gasteiger charge is 2.15. The lowest BCUT2D eigenvalue weighted by Gasteiger charge is -2.10. The first-order valence-corrected chi connectivity index (χ1v) is 8.18. The molecule has 1 atom stereocenters. The highest BCUT2D eigenvalue weighted by Crippen LogP contribution is 2.19. The van der Waals surface area contributed by atoms with Crippen molar-refractivity contribution in [2.75, 3.05) is 5.75 Å². The third kappa shape index (κ3) is 3.37. The second-order valence-electron chi connectivity index (χ2n) is 5.21. The normalized spacial score (nSPS) is 12.5. The summed E-state index contributed by atoms with van der Waals surface area (Å²) in [6.07, 6.45) is 1.59. The van der Waals surface area contributed by atoms with E-state index in [1.54, 1.807) is 12.3 Å². The highest BCUT2D eigenvalue weighted by molar-refractivity contribution is 7.99. The molecule has 23 heavy (non-hydrogen) atoms. The van der Waals surface area contributed by atoms with Crippen molar-refractivity contribution >= 4 is 23.3 Å². The molecule has 0 radical (unpaired) electrons. The fourth-order valence-corrected chi connectivity index (χ4v) is 3.12. The van der Waals surface area contributed by atoms with E-state index in [1.807, 2.05) is 37.3 Å². The Labute approximate surface area is 137 Å². The molecule has 0 bridgehead atoms. The van der Waals surface area contributed by atoms with Crippen molar-refractivity contribution in [2.24, 2.45) is 0 Å². The van der Waals surface area contributed by atoms with Gasteiger partial charge >= 0.3 is 0 Å². The molecule has 8 heteroatoms. The highest BCUT2D eigenvalue weighted by atomic mass is 32.2. The predicted octanol–water partition coefficient (Wildman–Crippen LogP) is 2.30. The molecule has 120 valence electrons. The minimum Gasteiger partial charge on any atom is -0.467 e. The van der Waals surface area contributed by atoms with Crippen LogP contribution >= 0.6 is 11.8 Å². The van der Waals surface area contributed by atoms with E-state index in [4.69, 9.17) is 4.42 Å². The van der Waals surface area contributed by atoms with Crippen molar-refractivity contribution < 1.29 is 9.21 Å². The van der Waals surface area contributed by atoms with Gasteiger partial charge in [0.2, 0.25) is 5.91 Å². The number of nitrogens with one attached hydrogen (secondary N) is 1. The number of carbonyl (C=O) groups excluding carboxylic acids is 1. The molecule has 3 aromatic rings. The van der Waals surface area contributed by atoms with Crippen LogP contribution in [0.4, 0.5) is 0 Å². The number of nitrogens with zero attached hydrogens (tertiary/aromatic N) is 4. The molecule has 0 aromatic carbocycles. The lowest BCUT2D eigenvalue weighted by molar-refractivity contribution is -0.119. The maximum atomic E-state index is 12.1. The molecule has 1 N–H and O–H groups in total. The average molecular weight is 331 g/mol. The predicted molar refractivity (Wildman–Crippen MR) is 86.2 cm³/mol. The van der Waals surface area contributed by atoms with E-state index in [-0.39, 0.29) is 17.7 Å². The Morgan fingerprint density at radius 2 is 2.26 bits per heavy atom. The van der Waals surface area contributed by atoms with Gasteiger partial charge < -0.3 is 9.73 Å². The maximum Gasteiger partial charge on any atom is 0.231 e. The SMILES string of the molecule is Cc1cc2nnc(SCC(=O)N[C@@H](C)c3ccco3)n2c(C)n1. The standard InChI is InChI=1S/C15H17N5O2S/c1-9-7-13-18-19-15(20(13)11(3)16-9)23-8-14(21)17-10(2)12-5-4-6-22-12/h4-7,10H,8H2,1-3H3,(H,17,21)/t10-/m0/s1. The molecular weight excluding hydrogens is 314 g/mol. The van der Waals surface area contributed by atoms with Crippen molar-refractivity contribution in [3.05, 3.63) is 41.7 Å². The van der Waals surface area contributed by atoms with E-state index >= 15 is 0 Å². The van der Waals surface area contributed by atoms with Gasteiger partial charge in [0.15, 0.2) is 10.8 Å². The van der Waals surface area contributed by atoms with Crippen LogP contribution < -0.4 is 5.32 Å². The summed E-state index contributed by atoms with van der Waals surface area (Å²) in [5, 5.41) is 11.8. The van der Waals surface area contributed by atoms with E-state index < -0.39 is 0 Å². The van der Waals surface area contributed by atoms with Crippen molar-refractivity contribution in [1.29, 1.82) is 0 Å². The first kappa shape index (κ1) is 15.5. The summed E-state index contributed by atoms with van der Waals surface area (Å²) in [6.45, 7) is 5.69. The van der Waals surface area contributed by atoms with Gasteiger partial charge in [-0.25, -0.2) is 4.98 Å². The lowest BCUT2D eigenvalue weighted by Crippen LogP contribution is -2.28. The summed E-state index contributed by atoms with van der Waals surface area (Å²) in [5.41, 5.74) is 1.63. The van der Waals surface area contributed by atoms with Gasteiger partial charge in [0.1, 0.15) is 11.6 Å². The summed E-state index contributed by atoms with van der Waals surface area (Å²) in [5.74, 6) is 1.69. The zero-order valence-electron chi connectivity index (χ0n) is 13.1. The van der Waals surface area contributed by atoms with Gasteiger partial charge in [0.25, 0.3) is 0 Å². The van der Waals surface area contributed by atoms with Gasteiger partial charge in [-0.05, 0) is 32.9 Å². The molecule has 0 aliphatic rings. The second kappa shape index (κ2) is 6.41. The number of hydrogen-bond donors (Lipinski definition) is 1. The molecule has 0 fully saturated rings. The Morgan fingerprint density at radius 1 is 1.43 bits per heavy atom. The van der Waals surface area contributed by atoms with Crippen LogP contribution in [0.3, 0.4) is 0 Å². The summed E-state index contributed by atoms with van der Waals surface area (Å²) in [6, 6.07) is 5.33. The molecule has 3 aromatic heterocycles. The van der Waals surface area contributed by atoms with Crippen molar-refractivity contribution in [1.82, 2.24) is 24.9 Å². The van der Waals surface area contributed by atoms with Gasteiger partial charge in [-0.15, -0.1) is 10.2 Å². The van der Waals surface area contributed by atoms with E-state index in [9.17, 15) is 4.79 Å². The number of thioether (sulfide) groups is 1. The molecule has 0 unspecified atom stereocenters. The van der Waals surface area contributed by atoms with E-state index in [0.29, 0.717) is 5.16 Å². The number of fused-ring (bicyclic) bond motifs is 1. The molecule has 0 spiro atoms. The summed E-state index contributed by atoms with van der Waals surface area (Å²) in [7, 11) is 0. The molecular formula is C15H17N5O2S. The summed E-state index contributed by atoms with van der Waals surface area (Å²) in [4.78, 5) is 16.5. The molecule has 0 aliphatic carbocycles. The van der Waals surface area contributed by atoms with E-state index in [1.165, 1.54) is 11.8 Å². The van der Waals surface area contributed by atoms with Gasteiger partial charge in [-0.2, -0.15) is 0 Å². The van der Waals surface area contributed by atoms with Crippen molar-refractivity contribution in [2.45, 2.75) is 32.0 Å². The van der Waals surface area contributed by atoms with Crippen molar-refractivity contribution in [3.63, 3.8) is 0 Å². The third-order valence-corrected chi connectivity index (χ3v) is 4.27. The number of rotatable bonds is 5. The third-order valence-electron chi connectivity index (χ3n) is 3.34. The molecule has 7 nitrogen and oxygen atoms in total.